The van der Waals surface area contributed by atoms with Crippen molar-refractivity contribution in [2.45, 2.75) is 12.7 Å². The molecule has 108 valence electrons. The fourth-order valence-electron chi connectivity index (χ4n) is 1.49. The minimum absolute atomic E-state index is 0.0609. The number of ether oxygens (including phenoxy) is 1. The van der Waals surface area contributed by atoms with Crippen molar-refractivity contribution in [1.82, 2.24) is 14.8 Å². The number of rotatable bonds is 5. The summed E-state index contributed by atoms with van der Waals surface area (Å²) in [6.45, 7) is -0.791. The molecule has 0 saturated carbocycles. The maximum atomic E-state index is 12.0. The molecule has 20 heavy (non-hydrogen) atoms. The zero-order valence-electron chi connectivity index (χ0n) is 10.7. The van der Waals surface area contributed by atoms with Crippen LogP contribution in [0.3, 0.4) is 0 Å². The third-order valence-corrected chi connectivity index (χ3v) is 2.38. The summed E-state index contributed by atoms with van der Waals surface area (Å²) in [5.41, 5.74) is 1.68. The predicted molar refractivity (Wildman–Crippen MR) is 66.3 cm³/mol. The Morgan fingerprint density at radius 2 is 2.10 bits per heavy atom. The number of hydrogen-bond acceptors (Lipinski definition) is 4. The van der Waals surface area contributed by atoms with Crippen molar-refractivity contribution in [2.75, 3.05) is 11.9 Å². The highest BCUT2D eigenvalue weighted by atomic mass is 19.4. The molecule has 2 aromatic rings. The Hall–Kier alpha value is -2.25. The van der Waals surface area contributed by atoms with E-state index in [2.05, 4.69) is 20.1 Å². The van der Waals surface area contributed by atoms with E-state index in [1.807, 2.05) is 13.2 Å². The van der Waals surface area contributed by atoms with Gasteiger partial charge in [0, 0.05) is 31.4 Å². The van der Waals surface area contributed by atoms with Gasteiger partial charge in [-0.05, 0) is 6.07 Å². The third-order valence-electron chi connectivity index (χ3n) is 2.38. The van der Waals surface area contributed by atoms with Crippen molar-refractivity contribution < 1.29 is 17.9 Å². The van der Waals surface area contributed by atoms with Gasteiger partial charge in [0.05, 0.1) is 18.1 Å². The molecule has 0 atom stereocenters. The van der Waals surface area contributed by atoms with Crippen LogP contribution >= 0.6 is 0 Å². The molecule has 1 N–H and O–H groups in total. The van der Waals surface area contributed by atoms with E-state index in [0.717, 1.165) is 5.56 Å². The third kappa shape index (κ3) is 4.45. The first-order chi connectivity index (χ1) is 9.42. The molecule has 2 rings (SSSR count). The monoisotopic (exact) mass is 286 g/mol. The second-order valence-corrected chi connectivity index (χ2v) is 4.16. The summed E-state index contributed by atoms with van der Waals surface area (Å²) in [5, 5.41) is 7.11. The smallest absolute Gasteiger partial charge is 0.422 e. The molecule has 2 heterocycles. The van der Waals surface area contributed by atoms with Crippen LogP contribution in [0.2, 0.25) is 0 Å². The molecule has 2 aromatic heterocycles. The number of alkyl halides is 3. The highest BCUT2D eigenvalue weighted by molar-refractivity contribution is 5.42. The molecule has 5 nitrogen and oxygen atoms in total. The Balaban J connectivity index is 1.85. The highest BCUT2D eigenvalue weighted by Gasteiger charge is 2.28. The molecule has 8 heteroatoms. The topological polar surface area (TPSA) is 52.0 Å². The van der Waals surface area contributed by atoms with Crippen LogP contribution in [0, 0.1) is 0 Å². The van der Waals surface area contributed by atoms with E-state index in [4.69, 9.17) is 0 Å². The summed E-state index contributed by atoms with van der Waals surface area (Å²) in [5.74, 6) is -0.0609. The summed E-state index contributed by atoms with van der Waals surface area (Å²) < 4.78 is 42.1. The van der Waals surface area contributed by atoms with Crippen molar-refractivity contribution in [2.24, 2.45) is 7.05 Å². The van der Waals surface area contributed by atoms with Crippen LogP contribution in [0.15, 0.2) is 30.7 Å². The zero-order chi connectivity index (χ0) is 14.6. The summed E-state index contributed by atoms with van der Waals surface area (Å²) in [7, 11) is 1.82. The van der Waals surface area contributed by atoms with Crippen LogP contribution in [0.4, 0.5) is 18.9 Å². The molecule has 0 aliphatic heterocycles. The second-order valence-electron chi connectivity index (χ2n) is 4.16. The number of aryl methyl sites for hydroxylation is 1. The Kier molecular flexibility index (Phi) is 4.11. The van der Waals surface area contributed by atoms with E-state index in [1.165, 1.54) is 12.3 Å². The number of aromatic nitrogens is 3. The molecule has 0 radical (unpaired) electrons. The molecule has 0 saturated heterocycles. The van der Waals surface area contributed by atoms with Crippen molar-refractivity contribution in [3.63, 3.8) is 0 Å². The van der Waals surface area contributed by atoms with E-state index < -0.39 is 12.8 Å². The predicted octanol–water partition coefficient (Wildman–Crippen LogP) is 2.37. The van der Waals surface area contributed by atoms with Gasteiger partial charge in [0.15, 0.2) is 6.61 Å². The molecule has 0 spiro atoms. The Labute approximate surface area is 113 Å². The number of hydrogen-bond donors (Lipinski definition) is 1. The number of nitrogens with zero attached hydrogens (tertiary/aromatic N) is 3. The first kappa shape index (κ1) is 14.2. The van der Waals surface area contributed by atoms with Gasteiger partial charge < -0.3 is 10.1 Å². The SMILES string of the molecule is Cn1cc(CNc2ccc(OCC(F)(F)F)nc2)cn1. The quantitative estimate of drug-likeness (QED) is 0.916. The largest absolute Gasteiger partial charge is 0.468 e. The molecular formula is C12H13F3N4O. The molecule has 0 aliphatic rings. The number of nitrogens with one attached hydrogen (secondary N) is 1. The molecule has 0 aromatic carbocycles. The van der Waals surface area contributed by atoms with Crippen molar-refractivity contribution in [3.05, 3.63) is 36.3 Å². The van der Waals surface area contributed by atoms with Crippen molar-refractivity contribution in [1.29, 1.82) is 0 Å². The summed E-state index contributed by atoms with van der Waals surface area (Å²) in [6.07, 6.45) is 0.642. The number of halogens is 3. The van der Waals surface area contributed by atoms with Crippen LogP contribution in [-0.4, -0.2) is 27.5 Å². The van der Waals surface area contributed by atoms with Crippen molar-refractivity contribution >= 4 is 5.69 Å². The lowest BCUT2D eigenvalue weighted by Gasteiger charge is -2.09. The van der Waals surface area contributed by atoms with Crippen molar-refractivity contribution in [3.8, 4) is 5.88 Å². The molecular weight excluding hydrogens is 273 g/mol. The first-order valence-corrected chi connectivity index (χ1v) is 5.79. The average Bonchev–Trinajstić information content (AvgIpc) is 2.80. The van der Waals surface area contributed by atoms with Gasteiger partial charge in [0.1, 0.15) is 0 Å². The number of pyridine rings is 1. The van der Waals surface area contributed by atoms with E-state index >= 15 is 0 Å². The van der Waals surface area contributed by atoms with Gasteiger partial charge in [-0.2, -0.15) is 18.3 Å². The molecule has 0 bridgehead atoms. The van der Waals surface area contributed by atoms with Gasteiger partial charge in [-0.3, -0.25) is 4.68 Å². The van der Waals surface area contributed by atoms with Gasteiger partial charge in [-0.15, -0.1) is 0 Å². The van der Waals surface area contributed by atoms with Gasteiger partial charge in [0.25, 0.3) is 0 Å². The fourth-order valence-corrected chi connectivity index (χ4v) is 1.49. The zero-order valence-corrected chi connectivity index (χ0v) is 10.7. The lowest BCUT2D eigenvalue weighted by molar-refractivity contribution is -0.154. The minimum Gasteiger partial charge on any atom is -0.468 e. The lowest BCUT2D eigenvalue weighted by atomic mass is 10.3. The van der Waals surface area contributed by atoms with Gasteiger partial charge in [-0.25, -0.2) is 4.98 Å². The van der Waals surface area contributed by atoms with Gasteiger partial charge >= 0.3 is 6.18 Å². The van der Waals surface area contributed by atoms with E-state index in [9.17, 15) is 13.2 Å². The fraction of sp³-hybridized carbons (Fsp3) is 0.333. The number of anilines is 1. The van der Waals surface area contributed by atoms with Crippen LogP contribution in [-0.2, 0) is 13.6 Å². The minimum atomic E-state index is -4.36. The Morgan fingerprint density at radius 1 is 1.30 bits per heavy atom. The second kappa shape index (κ2) is 5.81. The summed E-state index contributed by atoms with van der Waals surface area (Å²) in [4.78, 5) is 3.79. The van der Waals surface area contributed by atoms with E-state index in [0.29, 0.717) is 12.2 Å². The van der Waals surface area contributed by atoms with Crippen LogP contribution in [0.25, 0.3) is 0 Å². The molecule has 0 unspecified atom stereocenters. The standard InChI is InChI=1S/C12H13F3N4O/c1-19-7-9(5-18-19)4-16-10-2-3-11(17-6-10)20-8-12(13,14)15/h2-3,5-7,16H,4,8H2,1H3. The van der Waals surface area contributed by atoms with E-state index in [1.54, 1.807) is 16.9 Å². The lowest BCUT2D eigenvalue weighted by Crippen LogP contribution is -2.19. The Morgan fingerprint density at radius 3 is 2.65 bits per heavy atom. The summed E-state index contributed by atoms with van der Waals surface area (Å²) >= 11 is 0. The van der Waals surface area contributed by atoms with E-state index in [-0.39, 0.29) is 5.88 Å². The average molecular weight is 286 g/mol. The molecule has 0 aliphatic carbocycles. The van der Waals surface area contributed by atoms with Gasteiger partial charge in [0.2, 0.25) is 5.88 Å². The van der Waals surface area contributed by atoms with Gasteiger partial charge in [-0.1, -0.05) is 0 Å². The molecule has 0 amide bonds. The highest BCUT2D eigenvalue weighted by Crippen LogP contribution is 2.18. The van der Waals surface area contributed by atoms with Crippen LogP contribution in [0.1, 0.15) is 5.56 Å². The van der Waals surface area contributed by atoms with Crippen LogP contribution in [0.5, 0.6) is 5.88 Å². The molecule has 0 fully saturated rings. The first-order valence-electron chi connectivity index (χ1n) is 5.79. The normalized spacial score (nSPS) is 11.4. The van der Waals surface area contributed by atoms with Crippen LogP contribution < -0.4 is 10.1 Å². The maximum Gasteiger partial charge on any atom is 0.422 e. The maximum absolute atomic E-state index is 12.0. The summed E-state index contributed by atoms with van der Waals surface area (Å²) in [6, 6.07) is 2.99. The Bertz CT molecular complexity index is 551.